The normalized spacial score (nSPS) is 13.2. The average Bonchev–Trinajstić information content (AvgIpc) is 2.54. The molecule has 0 spiro atoms. The number of hydrogen-bond donors (Lipinski definition) is 1. The first-order valence-corrected chi connectivity index (χ1v) is 9.67. The summed E-state index contributed by atoms with van der Waals surface area (Å²) in [5.74, 6) is -0.341. The maximum absolute atomic E-state index is 13.2. The summed E-state index contributed by atoms with van der Waals surface area (Å²) in [6, 6.07) is 10.6. The van der Waals surface area contributed by atoms with Crippen molar-refractivity contribution in [3.63, 3.8) is 0 Å². The third kappa shape index (κ3) is 5.36. The Balaban J connectivity index is 2.30. The van der Waals surface area contributed by atoms with Crippen molar-refractivity contribution in [1.29, 1.82) is 0 Å². The van der Waals surface area contributed by atoms with Crippen LogP contribution >= 0.6 is 0 Å². The lowest BCUT2D eigenvalue weighted by Gasteiger charge is -2.21. The predicted molar refractivity (Wildman–Crippen MR) is 98.5 cm³/mol. The molecule has 0 aliphatic rings. The van der Waals surface area contributed by atoms with Crippen molar-refractivity contribution in [1.82, 2.24) is 9.62 Å². The quantitative estimate of drug-likeness (QED) is 0.819. The van der Waals surface area contributed by atoms with Crippen molar-refractivity contribution in [2.75, 3.05) is 20.6 Å². The van der Waals surface area contributed by atoms with Gasteiger partial charge < -0.3 is 4.90 Å². The van der Waals surface area contributed by atoms with Crippen LogP contribution in [0.15, 0.2) is 47.4 Å². The van der Waals surface area contributed by atoms with Crippen LogP contribution in [0.2, 0.25) is 0 Å². The van der Waals surface area contributed by atoms with Gasteiger partial charge in [0.2, 0.25) is 10.0 Å². The van der Waals surface area contributed by atoms with Gasteiger partial charge in [-0.25, -0.2) is 17.5 Å². The molecule has 136 valence electrons. The Morgan fingerprint density at radius 1 is 1.04 bits per heavy atom. The fourth-order valence-corrected chi connectivity index (χ4v) is 3.86. The highest BCUT2D eigenvalue weighted by molar-refractivity contribution is 7.89. The number of aryl methyl sites for hydroxylation is 2. The van der Waals surface area contributed by atoms with Gasteiger partial charge >= 0.3 is 0 Å². The summed E-state index contributed by atoms with van der Waals surface area (Å²) < 4.78 is 41.6. The summed E-state index contributed by atoms with van der Waals surface area (Å²) in [5, 5.41) is 0. The first-order chi connectivity index (χ1) is 11.7. The van der Waals surface area contributed by atoms with Crippen LogP contribution in [0.5, 0.6) is 0 Å². The van der Waals surface area contributed by atoms with E-state index in [0.717, 1.165) is 16.7 Å². The molecule has 0 saturated carbocycles. The lowest BCUT2D eigenvalue weighted by atomic mass is 10.0. The molecule has 6 heteroatoms. The Hall–Kier alpha value is -1.76. The van der Waals surface area contributed by atoms with E-state index in [4.69, 9.17) is 0 Å². The van der Waals surface area contributed by atoms with E-state index in [1.165, 1.54) is 12.1 Å². The van der Waals surface area contributed by atoms with Gasteiger partial charge in [0, 0.05) is 6.04 Å². The van der Waals surface area contributed by atoms with E-state index in [-0.39, 0.29) is 10.7 Å². The van der Waals surface area contributed by atoms with Gasteiger partial charge in [-0.2, -0.15) is 0 Å². The molecule has 2 aromatic rings. The molecule has 0 fully saturated rings. The fourth-order valence-electron chi connectivity index (χ4n) is 2.51. The van der Waals surface area contributed by atoms with Gasteiger partial charge in [0.1, 0.15) is 5.82 Å². The molecule has 1 N–H and O–H groups in total. The minimum absolute atomic E-state index is 0.243. The first kappa shape index (κ1) is 19.6. The number of benzene rings is 2. The van der Waals surface area contributed by atoms with E-state index in [1.54, 1.807) is 30.3 Å². The molecule has 0 aliphatic heterocycles. The number of rotatable bonds is 7. The molecule has 0 saturated heterocycles. The predicted octanol–water partition coefficient (Wildman–Crippen LogP) is 3.41. The van der Waals surface area contributed by atoms with Gasteiger partial charge in [0.05, 0.1) is 4.90 Å². The second-order valence-electron chi connectivity index (χ2n) is 6.56. The van der Waals surface area contributed by atoms with Crippen molar-refractivity contribution in [2.45, 2.75) is 31.2 Å². The van der Waals surface area contributed by atoms with E-state index in [9.17, 15) is 12.8 Å². The highest BCUT2D eigenvalue weighted by atomic mass is 32.2. The van der Waals surface area contributed by atoms with Crippen molar-refractivity contribution in [2.24, 2.45) is 0 Å². The Bertz CT molecular complexity index is 818. The summed E-state index contributed by atoms with van der Waals surface area (Å²) in [4.78, 5) is 2.23. The van der Waals surface area contributed by atoms with Crippen LogP contribution in [0.4, 0.5) is 4.39 Å². The van der Waals surface area contributed by atoms with Gasteiger partial charge in [-0.05, 0) is 81.9 Å². The maximum atomic E-state index is 13.2. The average molecular weight is 364 g/mol. The molecule has 2 rings (SSSR count). The van der Waals surface area contributed by atoms with Gasteiger partial charge in [0.15, 0.2) is 0 Å². The molecule has 0 bridgehead atoms. The molecule has 0 amide bonds. The monoisotopic (exact) mass is 364 g/mol. The zero-order valence-corrected chi connectivity index (χ0v) is 15.9. The number of halogens is 1. The lowest BCUT2D eigenvalue weighted by molar-refractivity contribution is 0.375. The number of nitrogens with one attached hydrogen (secondary N) is 1. The molecular weight excluding hydrogens is 339 g/mol. The van der Waals surface area contributed by atoms with Crippen LogP contribution in [-0.2, 0) is 10.0 Å². The highest BCUT2D eigenvalue weighted by Crippen LogP contribution is 2.22. The molecule has 1 unspecified atom stereocenters. The second kappa shape index (κ2) is 8.08. The van der Waals surface area contributed by atoms with Crippen molar-refractivity contribution < 1.29 is 12.8 Å². The van der Waals surface area contributed by atoms with Gasteiger partial charge in [-0.15, -0.1) is 0 Å². The number of nitrogens with zero attached hydrogens (tertiary/aromatic N) is 1. The smallest absolute Gasteiger partial charge is 0.241 e. The van der Waals surface area contributed by atoms with Crippen LogP contribution in [0.25, 0.3) is 0 Å². The Morgan fingerprint density at radius 2 is 1.68 bits per heavy atom. The Labute approximate surface area is 149 Å². The van der Waals surface area contributed by atoms with Crippen LogP contribution < -0.4 is 4.72 Å². The van der Waals surface area contributed by atoms with Crippen LogP contribution in [0, 0.1) is 19.7 Å². The third-order valence-electron chi connectivity index (χ3n) is 4.22. The summed E-state index contributed by atoms with van der Waals surface area (Å²) in [5.41, 5.74) is 2.71. The largest absolute Gasteiger partial charge is 0.309 e. The van der Waals surface area contributed by atoms with Crippen molar-refractivity contribution in [3.8, 4) is 0 Å². The van der Waals surface area contributed by atoms with E-state index < -0.39 is 16.1 Å². The molecule has 0 aromatic heterocycles. The summed E-state index contributed by atoms with van der Waals surface area (Å²) in [7, 11) is 0.193. The Morgan fingerprint density at radius 3 is 2.24 bits per heavy atom. The molecule has 0 radical (unpaired) electrons. The molecule has 1 atom stereocenters. The van der Waals surface area contributed by atoms with E-state index in [2.05, 4.69) is 4.72 Å². The van der Waals surface area contributed by atoms with Gasteiger partial charge in [-0.3, -0.25) is 0 Å². The zero-order chi connectivity index (χ0) is 18.6. The molecule has 25 heavy (non-hydrogen) atoms. The summed E-state index contributed by atoms with van der Waals surface area (Å²) in [6.45, 7) is 4.53. The minimum atomic E-state index is -3.67. The van der Waals surface area contributed by atoms with Crippen molar-refractivity contribution in [3.05, 3.63) is 65.0 Å². The second-order valence-corrected chi connectivity index (χ2v) is 8.28. The molecule has 0 aliphatic carbocycles. The molecular formula is C19H25FN2O2S. The first-order valence-electron chi connectivity index (χ1n) is 8.19. The molecule has 4 nitrogen and oxygen atoms in total. The molecule has 2 aromatic carbocycles. The number of hydrogen-bond acceptors (Lipinski definition) is 3. The topological polar surface area (TPSA) is 49.4 Å². The van der Waals surface area contributed by atoms with Crippen LogP contribution in [-0.4, -0.2) is 34.0 Å². The minimum Gasteiger partial charge on any atom is -0.309 e. The zero-order valence-electron chi connectivity index (χ0n) is 15.1. The van der Waals surface area contributed by atoms with E-state index in [0.29, 0.717) is 13.0 Å². The Kier molecular flexibility index (Phi) is 6.32. The SMILES string of the molecule is Cc1ccc(S(=O)(=O)NC(CCN(C)C)c2ccc(F)cc2)cc1C. The maximum Gasteiger partial charge on any atom is 0.241 e. The van der Waals surface area contributed by atoms with Crippen LogP contribution in [0.3, 0.4) is 0 Å². The standard InChI is InChI=1S/C19H25FN2O2S/c1-14-5-10-18(13-15(14)2)25(23,24)21-19(11-12-22(3)4)16-6-8-17(20)9-7-16/h5-10,13,19,21H,11-12H2,1-4H3. The summed E-state index contributed by atoms with van der Waals surface area (Å²) >= 11 is 0. The van der Waals surface area contributed by atoms with E-state index >= 15 is 0 Å². The van der Waals surface area contributed by atoms with Gasteiger partial charge in [0.25, 0.3) is 0 Å². The fraction of sp³-hybridized carbons (Fsp3) is 0.368. The van der Waals surface area contributed by atoms with Gasteiger partial charge in [-0.1, -0.05) is 18.2 Å². The van der Waals surface area contributed by atoms with Crippen molar-refractivity contribution >= 4 is 10.0 Å². The lowest BCUT2D eigenvalue weighted by Crippen LogP contribution is -2.31. The highest BCUT2D eigenvalue weighted by Gasteiger charge is 2.22. The third-order valence-corrected chi connectivity index (χ3v) is 5.69. The number of sulfonamides is 1. The summed E-state index contributed by atoms with van der Waals surface area (Å²) in [6.07, 6.45) is 0.586. The molecule has 0 heterocycles. The van der Waals surface area contributed by atoms with Crippen LogP contribution in [0.1, 0.15) is 29.2 Å². The van der Waals surface area contributed by atoms with E-state index in [1.807, 2.05) is 32.8 Å².